The van der Waals surface area contributed by atoms with Gasteiger partial charge in [0.05, 0.1) is 0 Å². The highest BCUT2D eigenvalue weighted by atomic mass is 16.1. The van der Waals surface area contributed by atoms with Crippen LogP contribution >= 0.6 is 0 Å². The largest absolute Gasteiger partial charge is 0.351 e. The highest BCUT2D eigenvalue weighted by Gasteiger charge is 2.25. The van der Waals surface area contributed by atoms with Gasteiger partial charge in [-0.3, -0.25) is 4.79 Å². The Bertz CT molecular complexity index is 192. The van der Waals surface area contributed by atoms with Crippen molar-refractivity contribution in [2.24, 2.45) is 0 Å². The number of hydrogen-bond acceptors (Lipinski definition) is 2. The Morgan fingerprint density at radius 2 is 1.62 bits per heavy atom. The van der Waals surface area contributed by atoms with E-state index in [1.807, 2.05) is 0 Å². The van der Waals surface area contributed by atoms with E-state index in [0.29, 0.717) is 6.42 Å². The van der Waals surface area contributed by atoms with Gasteiger partial charge in [0.15, 0.2) is 0 Å². The molecule has 0 saturated heterocycles. The van der Waals surface area contributed by atoms with Crippen LogP contribution in [-0.4, -0.2) is 24.0 Å². The minimum absolute atomic E-state index is 0.00299. The van der Waals surface area contributed by atoms with Crippen LogP contribution in [0.3, 0.4) is 0 Å². The molecule has 0 radical (unpaired) electrons. The summed E-state index contributed by atoms with van der Waals surface area (Å²) in [4.78, 5) is 11.9. The first-order chi connectivity index (χ1) is 7.53. The summed E-state index contributed by atoms with van der Waals surface area (Å²) >= 11 is 0. The molecule has 0 saturated carbocycles. The van der Waals surface area contributed by atoms with Gasteiger partial charge in [-0.25, -0.2) is 0 Å². The first-order valence-electron chi connectivity index (χ1n) is 6.57. The van der Waals surface area contributed by atoms with Gasteiger partial charge in [-0.15, -0.1) is 0 Å². The van der Waals surface area contributed by atoms with Gasteiger partial charge < -0.3 is 10.6 Å². The second-order valence-corrected chi connectivity index (χ2v) is 4.55. The van der Waals surface area contributed by atoms with Gasteiger partial charge in [-0.2, -0.15) is 0 Å². The van der Waals surface area contributed by atoms with Crippen LogP contribution in [0.5, 0.6) is 0 Å². The summed E-state index contributed by atoms with van der Waals surface area (Å²) in [5.41, 5.74) is 0.00299. The lowest BCUT2D eigenvalue weighted by molar-refractivity contribution is -0.123. The maximum atomic E-state index is 11.9. The van der Waals surface area contributed by atoms with Crippen molar-refractivity contribution < 1.29 is 4.79 Å². The molecule has 0 rings (SSSR count). The lowest BCUT2D eigenvalue weighted by atomic mass is 9.89. The molecule has 2 N–H and O–H groups in total. The monoisotopic (exact) mass is 228 g/mol. The van der Waals surface area contributed by atoms with Crippen LogP contribution in [0, 0.1) is 0 Å². The molecule has 0 spiro atoms. The van der Waals surface area contributed by atoms with E-state index >= 15 is 0 Å². The van der Waals surface area contributed by atoms with Crippen LogP contribution in [0.4, 0.5) is 0 Å². The molecule has 0 aliphatic heterocycles. The smallest absolute Gasteiger partial charge is 0.221 e. The minimum Gasteiger partial charge on any atom is -0.351 e. The zero-order chi connectivity index (χ0) is 12.6. The van der Waals surface area contributed by atoms with Gasteiger partial charge in [0, 0.05) is 18.0 Å². The zero-order valence-electron chi connectivity index (χ0n) is 11.5. The number of amides is 1. The van der Waals surface area contributed by atoms with Crippen molar-refractivity contribution in [1.82, 2.24) is 10.6 Å². The quantitative estimate of drug-likeness (QED) is 0.670. The Morgan fingerprint density at radius 1 is 1.12 bits per heavy atom. The summed E-state index contributed by atoms with van der Waals surface area (Å²) in [6, 6.07) is 0.258. The van der Waals surface area contributed by atoms with Crippen molar-refractivity contribution in [3.63, 3.8) is 0 Å². The van der Waals surface area contributed by atoms with Crippen LogP contribution in [0.2, 0.25) is 0 Å². The predicted molar refractivity (Wildman–Crippen MR) is 69.5 cm³/mol. The third-order valence-electron chi connectivity index (χ3n) is 3.48. The normalized spacial score (nSPS) is 13.6. The molecule has 16 heavy (non-hydrogen) atoms. The molecule has 1 atom stereocenters. The van der Waals surface area contributed by atoms with Gasteiger partial charge in [0.2, 0.25) is 5.91 Å². The summed E-state index contributed by atoms with van der Waals surface area (Å²) in [7, 11) is 0. The van der Waals surface area contributed by atoms with Crippen LogP contribution in [0.1, 0.15) is 60.3 Å². The van der Waals surface area contributed by atoms with Crippen molar-refractivity contribution in [3.05, 3.63) is 0 Å². The lowest BCUT2D eigenvalue weighted by Gasteiger charge is -2.32. The standard InChI is InChI=1S/C13H28N2O/c1-6-13(7-2,8-3)15-12(16)10-11(5)14-9-4/h11,14H,6-10H2,1-5H3,(H,15,16). The van der Waals surface area contributed by atoms with Gasteiger partial charge in [-0.05, 0) is 32.7 Å². The number of nitrogens with one attached hydrogen (secondary N) is 2. The number of carbonyl (C=O) groups excluding carboxylic acids is 1. The third-order valence-corrected chi connectivity index (χ3v) is 3.48. The van der Waals surface area contributed by atoms with Crippen LogP contribution in [-0.2, 0) is 4.79 Å². The molecular weight excluding hydrogens is 200 g/mol. The molecule has 3 heteroatoms. The fourth-order valence-electron chi connectivity index (χ4n) is 2.06. The summed E-state index contributed by atoms with van der Waals surface area (Å²) in [5.74, 6) is 0.166. The Morgan fingerprint density at radius 3 is 2.00 bits per heavy atom. The van der Waals surface area contributed by atoms with Gasteiger partial charge >= 0.3 is 0 Å². The number of hydrogen-bond donors (Lipinski definition) is 2. The van der Waals surface area contributed by atoms with E-state index in [9.17, 15) is 4.79 Å². The molecule has 1 amide bonds. The first kappa shape index (κ1) is 15.4. The van der Waals surface area contributed by atoms with Crippen LogP contribution in [0.15, 0.2) is 0 Å². The Balaban J connectivity index is 4.20. The van der Waals surface area contributed by atoms with Gasteiger partial charge in [0.25, 0.3) is 0 Å². The molecule has 0 aliphatic carbocycles. The minimum atomic E-state index is 0.00299. The Labute approximate surface area is 100 Å². The lowest BCUT2D eigenvalue weighted by Crippen LogP contribution is -2.48. The van der Waals surface area contributed by atoms with Crippen molar-refractivity contribution >= 4 is 5.91 Å². The molecule has 3 nitrogen and oxygen atoms in total. The molecule has 0 aromatic rings. The second-order valence-electron chi connectivity index (χ2n) is 4.55. The second kappa shape index (κ2) is 7.66. The van der Waals surface area contributed by atoms with Crippen molar-refractivity contribution in [2.75, 3.05) is 6.54 Å². The average Bonchev–Trinajstić information content (AvgIpc) is 2.26. The summed E-state index contributed by atoms with van der Waals surface area (Å²) in [6.07, 6.45) is 3.57. The van der Waals surface area contributed by atoms with E-state index in [-0.39, 0.29) is 17.5 Å². The molecule has 0 bridgehead atoms. The third kappa shape index (κ3) is 4.97. The van der Waals surface area contributed by atoms with Crippen molar-refractivity contribution in [3.8, 4) is 0 Å². The maximum Gasteiger partial charge on any atom is 0.221 e. The topological polar surface area (TPSA) is 41.1 Å². The van der Waals surface area contributed by atoms with Crippen LogP contribution < -0.4 is 10.6 Å². The summed E-state index contributed by atoms with van der Waals surface area (Å²) < 4.78 is 0. The molecule has 0 heterocycles. The van der Waals surface area contributed by atoms with Gasteiger partial charge in [-0.1, -0.05) is 27.7 Å². The molecule has 0 aromatic heterocycles. The average molecular weight is 228 g/mol. The molecule has 0 aromatic carbocycles. The van der Waals surface area contributed by atoms with E-state index in [4.69, 9.17) is 0 Å². The van der Waals surface area contributed by atoms with E-state index in [1.54, 1.807) is 0 Å². The predicted octanol–water partition coefficient (Wildman–Crippen LogP) is 2.46. The number of carbonyl (C=O) groups is 1. The fourth-order valence-corrected chi connectivity index (χ4v) is 2.06. The Kier molecular flexibility index (Phi) is 7.39. The first-order valence-corrected chi connectivity index (χ1v) is 6.57. The summed E-state index contributed by atoms with van der Waals surface area (Å²) in [5, 5.41) is 6.45. The Hall–Kier alpha value is -0.570. The van der Waals surface area contributed by atoms with Crippen molar-refractivity contribution in [1.29, 1.82) is 0 Å². The van der Waals surface area contributed by atoms with Gasteiger partial charge in [0.1, 0.15) is 0 Å². The molecule has 96 valence electrons. The fraction of sp³-hybridized carbons (Fsp3) is 0.923. The molecule has 0 aliphatic rings. The highest BCUT2D eigenvalue weighted by molar-refractivity contribution is 5.77. The van der Waals surface area contributed by atoms with E-state index < -0.39 is 0 Å². The number of rotatable bonds is 8. The SMILES string of the molecule is CCNC(C)CC(=O)NC(CC)(CC)CC. The van der Waals surface area contributed by atoms with E-state index in [2.05, 4.69) is 45.3 Å². The zero-order valence-corrected chi connectivity index (χ0v) is 11.5. The van der Waals surface area contributed by atoms with Crippen molar-refractivity contribution in [2.45, 2.75) is 71.9 Å². The maximum absolute atomic E-state index is 11.9. The van der Waals surface area contributed by atoms with E-state index in [0.717, 1.165) is 25.8 Å². The summed E-state index contributed by atoms with van der Waals surface area (Å²) in [6.45, 7) is 11.4. The van der Waals surface area contributed by atoms with E-state index in [1.165, 1.54) is 0 Å². The van der Waals surface area contributed by atoms with Crippen LogP contribution in [0.25, 0.3) is 0 Å². The molecule has 0 fully saturated rings. The highest BCUT2D eigenvalue weighted by Crippen LogP contribution is 2.19. The molecule has 1 unspecified atom stereocenters. The molecular formula is C13H28N2O.